The number of aryl methyl sites for hydroxylation is 1. The van der Waals surface area contributed by atoms with Crippen molar-refractivity contribution in [1.82, 2.24) is 4.57 Å². The van der Waals surface area contributed by atoms with Crippen molar-refractivity contribution in [3.8, 4) is 5.69 Å². The van der Waals surface area contributed by atoms with E-state index in [0.29, 0.717) is 13.0 Å². The lowest BCUT2D eigenvalue weighted by Gasteiger charge is -1.96. The van der Waals surface area contributed by atoms with Gasteiger partial charge in [0.2, 0.25) is 6.33 Å². The van der Waals surface area contributed by atoms with Gasteiger partial charge in [0.25, 0.3) is 10.1 Å². The molecule has 0 aliphatic rings. The van der Waals surface area contributed by atoms with Crippen molar-refractivity contribution < 1.29 is 17.5 Å². The molecule has 0 atom stereocenters. The SMILES string of the molecule is O=S(=O)(O)CCC[n+]1ccn(-c2ccccc2)c1. The van der Waals surface area contributed by atoms with Crippen molar-refractivity contribution in [2.45, 2.75) is 13.0 Å². The van der Waals surface area contributed by atoms with Gasteiger partial charge in [0.05, 0.1) is 12.3 Å². The molecular weight excluding hydrogens is 252 g/mol. The number of benzene rings is 1. The monoisotopic (exact) mass is 267 g/mol. The summed E-state index contributed by atoms with van der Waals surface area (Å²) in [5.41, 5.74) is 1.05. The summed E-state index contributed by atoms with van der Waals surface area (Å²) in [6.07, 6.45) is 6.06. The molecule has 1 heterocycles. The standard InChI is InChI=1S/C12H14N2O3S/c15-18(16,17)10-4-7-13-8-9-14(11-13)12-5-2-1-3-6-12/h1-3,5-6,8-9,11H,4,7,10H2/p+1. The first kappa shape index (κ1) is 12.8. The number of aromatic nitrogens is 2. The van der Waals surface area contributed by atoms with Crippen LogP contribution >= 0.6 is 0 Å². The molecule has 5 nitrogen and oxygen atoms in total. The fourth-order valence-electron chi connectivity index (χ4n) is 1.71. The summed E-state index contributed by atoms with van der Waals surface area (Å²) in [5.74, 6) is -0.212. The maximum absolute atomic E-state index is 10.6. The zero-order valence-electron chi connectivity index (χ0n) is 9.81. The first-order valence-corrected chi connectivity index (χ1v) is 7.23. The third-order valence-corrected chi connectivity index (χ3v) is 3.37. The van der Waals surface area contributed by atoms with Crippen LogP contribution in [0.3, 0.4) is 0 Å². The molecule has 0 saturated heterocycles. The van der Waals surface area contributed by atoms with Crippen LogP contribution in [0.25, 0.3) is 5.69 Å². The van der Waals surface area contributed by atoms with E-state index in [1.54, 1.807) is 0 Å². The summed E-state index contributed by atoms with van der Waals surface area (Å²) in [7, 11) is -3.86. The lowest BCUT2D eigenvalue weighted by atomic mass is 10.3. The molecule has 18 heavy (non-hydrogen) atoms. The minimum Gasteiger partial charge on any atom is -0.286 e. The van der Waals surface area contributed by atoms with Crippen LogP contribution in [0.15, 0.2) is 49.1 Å². The minimum absolute atomic E-state index is 0.212. The van der Waals surface area contributed by atoms with Gasteiger partial charge < -0.3 is 0 Å². The first-order valence-electron chi connectivity index (χ1n) is 5.62. The molecule has 0 amide bonds. The molecule has 0 spiro atoms. The number of nitrogens with zero attached hydrogens (tertiary/aromatic N) is 2. The van der Waals surface area contributed by atoms with Crippen molar-refractivity contribution in [3.05, 3.63) is 49.1 Å². The van der Waals surface area contributed by atoms with Crippen LogP contribution in [0.5, 0.6) is 0 Å². The van der Waals surface area contributed by atoms with Crippen LogP contribution < -0.4 is 4.57 Å². The highest BCUT2D eigenvalue weighted by molar-refractivity contribution is 7.85. The zero-order chi connectivity index (χ0) is 13.0. The molecule has 0 unspecified atom stereocenters. The van der Waals surface area contributed by atoms with Gasteiger partial charge in [0, 0.05) is 6.42 Å². The average Bonchev–Trinajstić information content (AvgIpc) is 2.77. The van der Waals surface area contributed by atoms with Gasteiger partial charge in [-0.3, -0.25) is 4.55 Å². The largest absolute Gasteiger partial charge is 0.286 e. The Balaban J connectivity index is 1.99. The Hall–Kier alpha value is -1.66. The minimum atomic E-state index is -3.86. The van der Waals surface area contributed by atoms with Gasteiger partial charge in [-0.1, -0.05) is 18.2 Å². The fourth-order valence-corrected chi connectivity index (χ4v) is 2.20. The number of rotatable bonds is 5. The van der Waals surface area contributed by atoms with Gasteiger partial charge in [0.15, 0.2) is 0 Å². The molecule has 0 bridgehead atoms. The maximum Gasteiger partial charge on any atom is 0.265 e. The fraction of sp³-hybridized carbons (Fsp3) is 0.250. The Kier molecular flexibility index (Phi) is 3.78. The predicted molar refractivity (Wildman–Crippen MR) is 67.0 cm³/mol. The Bertz CT molecular complexity index is 605. The van der Waals surface area contributed by atoms with E-state index >= 15 is 0 Å². The lowest BCUT2D eigenvalue weighted by Crippen LogP contribution is -2.32. The molecule has 96 valence electrons. The van der Waals surface area contributed by atoms with E-state index in [1.165, 1.54) is 0 Å². The van der Waals surface area contributed by atoms with E-state index < -0.39 is 10.1 Å². The maximum atomic E-state index is 10.6. The van der Waals surface area contributed by atoms with E-state index in [0.717, 1.165) is 5.69 Å². The average molecular weight is 267 g/mol. The second-order valence-electron chi connectivity index (χ2n) is 4.03. The third kappa shape index (κ3) is 3.68. The molecular formula is C12H15N2O3S+. The Morgan fingerprint density at radius 1 is 1.22 bits per heavy atom. The smallest absolute Gasteiger partial charge is 0.265 e. The summed E-state index contributed by atoms with van der Waals surface area (Å²) in [6, 6.07) is 9.84. The molecule has 0 aliphatic heterocycles. The Labute approximate surface area is 106 Å². The van der Waals surface area contributed by atoms with Crippen molar-refractivity contribution in [2.75, 3.05) is 5.75 Å². The zero-order valence-corrected chi connectivity index (χ0v) is 10.6. The van der Waals surface area contributed by atoms with Crippen LogP contribution in [0.1, 0.15) is 6.42 Å². The highest BCUT2D eigenvalue weighted by Crippen LogP contribution is 2.04. The number of hydrogen-bond acceptors (Lipinski definition) is 2. The second kappa shape index (κ2) is 5.32. The van der Waals surface area contributed by atoms with Gasteiger partial charge in [-0.25, -0.2) is 9.13 Å². The van der Waals surface area contributed by atoms with E-state index in [2.05, 4.69) is 0 Å². The Morgan fingerprint density at radius 2 is 1.94 bits per heavy atom. The molecule has 0 saturated carbocycles. The van der Waals surface area contributed by atoms with Crippen molar-refractivity contribution in [2.24, 2.45) is 0 Å². The van der Waals surface area contributed by atoms with Gasteiger partial charge in [-0.2, -0.15) is 8.42 Å². The van der Waals surface area contributed by atoms with Crippen LogP contribution in [-0.4, -0.2) is 23.3 Å². The number of imidazole rings is 1. The van der Waals surface area contributed by atoms with Crippen molar-refractivity contribution in [1.29, 1.82) is 0 Å². The van der Waals surface area contributed by atoms with Crippen molar-refractivity contribution >= 4 is 10.1 Å². The first-order chi connectivity index (χ1) is 8.54. The predicted octanol–water partition coefficient (Wildman–Crippen LogP) is 1.04. The molecule has 0 aliphatic carbocycles. The molecule has 1 aromatic carbocycles. The quantitative estimate of drug-likeness (QED) is 0.650. The van der Waals surface area contributed by atoms with E-state index in [9.17, 15) is 8.42 Å². The number of hydrogen-bond donors (Lipinski definition) is 1. The lowest BCUT2D eigenvalue weighted by molar-refractivity contribution is -0.696. The highest BCUT2D eigenvalue weighted by atomic mass is 32.2. The summed E-state index contributed by atoms with van der Waals surface area (Å²) >= 11 is 0. The topological polar surface area (TPSA) is 63.2 Å². The van der Waals surface area contributed by atoms with Gasteiger partial charge >= 0.3 is 0 Å². The molecule has 1 N–H and O–H groups in total. The summed E-state index contributed by atoms with van der Waals surface area (Å²) in [4.78, 5) is 0. The summed E-state index contributed by atoms with van der Waals surface area (Å²) in [6.45, 7) is 0.555. The molecule has 6 heteroatoms. The van der Waals surface area contributed by atoms with Gasteiger partial charge in [-0.15, -0.1) is 0 Å². The number of para-hydroxylation sites is 1. The normalized spacial score (nSPS) is 11.6. The third-order valence-electron chi connectivity index (χ3n) is 2.56. The Morgan fingerprint density at radius 3 is 2.61 bits per heavy atom. The van der Waals surface area contributed by atoms with Crippen LogP contribution in [-0.2, 0) is 16.7 Å². The highest BCUT2D eigenvalue weighted by Gasteiger charge is 2.08. The second-order valence-corrected chi connectivity index (χ2v) is 5.61. The molecule has 2 aromatic rings. The molecule has 2 rings (SSSR count). The van der Waals surface area contributed by atoms with E-state index in [1.807, 2.05) is 58.2 Å². The molecule has 0 radical (unpaired) electrons. The van der Waals surface area contributed by atoms with E-state index in [-0.39, 0.29) is 5.75 Å². The van der Waals surface area contributed by atoms with Crippen molar-refractivity contribution in [3.63, 3.8) is 0 Å². The van der Waals surface area contributed by atoms with Crippen LogP contribution in [0, 0.1) is 0 Å². The van der Waals surface area contributed by atoms with Crippen LogP contribution in [0.2, 0.25) is 0 Å². The van der Waals surface area contributed by atoms with Crippen LogP contribution in [0.4, 0.5) is 0 Å². The molecule has 0 fully saturated rings. The molecule has 1 aromatic heterocycles. The summed E-state index contributed by atoms with van der Waals surface area (Å²) in [5, 5.41) is 0. The summed E-state index contributed by atoms with van der Waals surface area (Å²) < 4.78 is 33.7. The van der Waals surface area contributed by atoms with Gasteiger partial charge in [0.1, 0.15) is 18.1 Å². The van der Waals surface area contributed by atoms with E-state index in [4.69, 9.17) is 4.55 Å². The van der Waals surface area contributed by atoms with Gasteiger partial charge in [-0.05, 0) is 12.1 Å².